The summed E-state index contributed by atoms with van der Waals surface area (Å²) in [5, 5.41) is 2.73. The van der Waals surface area contributed by atoms with Gasteiger partial charge in [0.25, 0.3) is 5.91 Å². The maximum Gasteiger partial charge on any atom is 0.324 e. The third-order valence-electron chi connectivity index (χ3n) is 4.85. The molecular weight excluding hydrogens is 350 g/mol. The van der Waals surface area contributed by atoms with Gasteiger partial charge in [0.2, 0.25) is 0 Å². The zero-order chi connectivity index (χ0) is 19.2. The normalized spacial score (nSPS) is 14.6. The molecule has 2 aromatic rings. The van der Waals surface area contributed by atoms with E-state index in [2.05, 4.69) is 5.32 Å². The largest absolute Gasteiger partial charge is 0.334 e. The highest BCUT2D eigenvalue weighted by Crippen LogP contribution is 2.25. The van der Waals surface area contributed by atoms with E-state index in [9.17, 15) is 18.4 Å². The Morgan fingerprint density at radius 1 is 0.963 bits per heavy atom. The maximum absolute atomic E-state index is 14.1. The lowest BCUT2D eigenvalue weighted by molar-refractivity contribution is 0.0701. The number of halogens is 2. The van der Waals surface area contributed by atoms with Crippen LogP contribution in [0.5, 0.6) is 0 Å². The van der Waals surface area contributed by atoms with Gasteiger partial charge in [0.05, 0.1) is 5.56 Å². The average Bonchev–Trinajstić information content (AvgIpc) is 2.70. The van der Waals surface area contributed by atoms with Gasteiger partial charge in [-0.3, -0.25) is 9.69 Å². The second-order valence-electron chi connectivity index (χ2n) is 6.71. The zero-order valence-corrected chi connectivity index (χ0v) is 15.0. The quantitative estimate of drug-likeness (QED) is 0.849. The molecule has 3 rings (SSSR count). The average molecular weight is 372 g/mol. The van der Waals surface area contributed by atoms with Crippen molar-refractivity contribution in [1.29, 1.82) is 0 Å². The minimum absolute atomic E-state index is 0.252. The van der Waals surface area contributed by atoms with Crippen LogP contribution in [0.25, 0.3) is 0 Å². The lowest BCUT2D eigenvalue weighted by Crippen LogP contribution is -2.50. The fraction of sp³-hybridized carbons (Fsp3) is 0.333. The fourth-order valence-electron chi connectivity index (χ4n) is 3.42. The van der Waals surface area contributed by atoms with Crippen LogP contribution in [0.4, 0.5) is 13.6 Å². The molecule has 2 aromatic carbocycles. The molecule has 0 radical (unpaired) electrons. The molecule has 6 heteroatoms. The molecule has 3 amide bonds. The monoisotopic (exact) mass is 372 g/mol. The number of hydrogen-bond donors (Lipinski definition) is 1. The number of carbonyl (C=O) groups is 2. The minimum Gasteiger partial charge on any atom is -0.334 e. The number of imide groups is 1. The first-order valence-electron chi connectivity index (χ1n) is 9.17. The molecule has 1 aliphatic rings. The first-order chi connectivity index (χ1) is 13.1. The summed E-state index contributed by atoms with van der Waals surface area (Å²) in [5.41, 5.74) is 0.467. The van der Waals surface area contributed by atoms with E-state index >= 15 is 0 Å². The van der Waals surface area contributed by atoms with E-state index in [0.29, 0.717) is 12.8 Å². The molecule has 4 nitrogen and oxygen atoms in total. The highest BCUT2D eigenvalue weighted by molar-refractivity contribution is 6.04. The van der Waals surface area contributed by atoms with E-state index in [1.54, 1.807) is 0 Å². The second-order valence-corrected chi connectivity index (χ2v) is 6.71. The van der Waals surface area contributed by atoms with Gasteiger partial charge in [0.1, 0.15) is 0 Å². The Bertz CT molecular complexity index is 805. The molecule has 0 atom stereocenters. The van der Waals surface area contributed by atoms with Gasteiger partial charge in [-0.1, -0.05) is 55.7 Å². The summed E-state index contributed by atoms with van der Waals surface area (Å²) in [6.45, 7) is 0.252. The molecule has 0 aliphatic heterocycles. The molecular formula is C21H22F2N2O2. The molecule has 142 valence electrons. The SMILES string of the molecule is O=C(NCc1ccccc1)N(C(=O)c1cccc(F)c1F)C1CCCCC1. The van der Waals surface area contributed by atoms with Crippen LogP contribution in [0, 0.1) is 11.6 Å². The molecule has 1 N–H and O–H groups in total. The van der Waals surface area contributed by atoms with Crippen molar-refractivity contribution in [2.45, 2.75) is 44.7 Å². The lowest BCUT2D eigenvalue weighted by Gasteiger charge is -2.33. The van der Waals surface area contributed by atoms with Crippen LogP contribution < -0.4 is 5.32 Å². The standard InChI is InChI=1S/C21H22F2N2O2/c22-18-13-7-12-17(19(18)23)20(26)25(16-10-5-2-6-11-16)21(27)24-14-15-8-3-1-4-9-15/h1,3-4,7-9,12-13,16H,2,5-6,10-11,14H2,(H,24,27). The fourth-order valence-corrected chi connectivity index (χ4v) is 3.42. The summed E-state index contributed by atoms with van der Waals surface area (Å²) in [5.74, 6) is -3.13. The van der Waals surface area contributed by atoms with Crippen LogP contribution in [0.2, 0.25) is 0 Å². The van der Waals surface area contributed by atoms with E-state index < -0.39 is 29.1 Å². The van der Waals surface area contributed by atoms with Crippen molar-refractivity contribution in [1.82, 2.24) is 10.2 Å². The predicted molar refractivity (Wildman–Crippen MR) is 98.1 cm³/mol. The first kappa shape index (κ1) is 19.0. The Hall–Kier alpha value is -2.76. The summed E-state index contributed by atoms with van der Waals surface area (Å²) in [6, 6.07) is 11.8. The van der Waals surface area contributed by atoms with Crippen molar-refractivity contribution >= 4 is 11.9 Å². The van der Waals surface area contributed by atoms with Gasteiger partial charge < -0.3 is 5.32 Å². The van der Waals surface area contributed by atoms with Crippen LogP contribution in [-0.4, -0.2) is 22.9 Å². The smallest absolute Gasteiger partial charge is 0.324 e. The van der Waals surface area contributed by atoms with Crippen LogP contribution in [-0.2, 0) is 6.54 Å². The van der Waals surface area contributed by atoms with E-state index in [4.69, 9.17) is 0 Å². The third kappa shape index (κ3) is 4.51. The van der Waals surface area contributed by atoms with Crippen molar-refractivity contribution in [3.05, 3.63) is 71.3 Å². The number of carbonyl (C=O) groups excluding carboxylic acids is 2. The van der Waals surface area contributed by atoms with Gasteiger partial charge in [0, 0.05) is 12.6 Å². The molecule has 27 heavy (non-hydrogen) atoms. The van der Waals surface area contributed by atoms with Gasteiger partial charge in [-0.2, -0.15) is 0 Å². The van der Waals surface area contributed by atoms with Crippen molar-refractivity contribution in [3.63, 3.8) is 0 Å². The minimum atomic E-state index is -1.22. The van der Waals surface area contributed by atoms with E-state index in [1.807, 2.05) is 30.3 Å². The van der Waals surface area contributed by atoms with E-state index in [0.717, 1.165) is 35.8 Å². The summed E-state index contributed by atoms with van der Waals surface area (Å²) in [7, 11) is 0. The third-order valence-corrected chi connectivity index (χ3v) is 4.85. The molecule has 0 spiro atoms. The number of nitrogens with one attached hydrogen (secondary N) is 1. The Kier molecular flexibility index (Phi) is 6.16. The van der Waals surface area contributed by atoms with Crippen LogP contribution in [0.3, 0.4) is 0 Å². The van der Waals surface area contributed by atoms with Gasteiger partial charge in [-0.05, 0) is 30.5 Å². The molecule has 0 heterocycles. The number of urea groups is 1. The number of hydrogen-bond acceptors (Lipinski definition) is 2. The maximum atomic E-state index is 14.1. The van der Waals surface area contributed by atoms with Crippen molar-refractivity contribution in [3.8, 4) is 0 Å². The Morgan fingerprint density at radius 2 is 1.67 bits per heavy atom. The Labute approximate surface area is 157 Å². The van der Waals surface area contributed by atoms with Crippen LogP contribution in [0.1, 0.15) is 48.0 Å². The predicted octanol–water partition coefficient (Wildman–Crippen LogP) is 4.65. The zero-order valence-electron chi connectivity index (χ0n) is 15.0. The highest BCUT2D eigenvalue weighted by Gasteiger charge is 2.33. The molecule has 1 fully saturated rings. The second kappa shape index (κ2) is 8.75. The van der Waals surface area contributed by atoms with Gasteiger partial charge >= 0.3 is 6.03 Å². The molecule has 1 aliphatic carbocycles. The summed E-state index contributed by atoms with van der Waals surface area (Å²) in [6.07, 6.45) is 4.17. The molecule has 0 saturated heterocycles. The first-order valence-corrected chi connectivity index (χ1v) is 9.17. The van der Waals surface area contributed by atoms with Gasteiger partial charge in [0.15, 0.2) is 11.6 Å². The van der Waals surface area contributed by atoms with Gasteiger partial charge in [-0.15, -0.1) is 0 Å². The molecule has 0 aromatic heterocycles. The number of amides is 3. The molecule has 1 saturated carbocycles. The van der Waals surface area contributed by atoms with Crippen LogP contribution in [0.15, 0.2) is 48.5 Å². The van der Waals surface area contributed by atoms with Crippen molar-refractivity contribution < 1.29 is 18.4 Å². The molecule has 0 unspecified atom stereocenters. The number of rotatable bonds is 4. The topological polar surface area (TPSA) is 49.4 Å². The lowest BCUT2D eigenvalue weighted by atomic mass is 9.94. The van der Waals surface area contributed by atoms with Gasteiger partial charge in [-0.25, -0.2) is 13.6 Å². The molecule has 0 bridgehead atoms. The van der Waals surface area contributed by atoms with Crippen LogP contribution >= 0.6 is 0 Å². The summed E-state index contributed by atoms with van der Waals surface area (Å²) in [4.78, 5) is 26.8. The van der Waals surface area contributed by atoms with Crippen molar-refractivity contribution in [2.24, 2.45) is 0 Å². The Balaban J connectivity index is 1.82. The summed E-state index contributed by atoms with van der Waals surface area (Å²) >= 11 is 0. The highest BCUT2D eigenvalue weighted by atomic mass is 19.2. The van der Waals surface area contributed by atoms with E-state index in [1.165, 1.54) is 12.1 Å². The number of nitrogens with zero attached hydrogens (tertiary/aromatic N) is 1. The van der Waals surface area contributed by atoms with Crippen molar-refractivity contribution in [2.75, 3.05) is 0 Å². The number of benzene rings is 2. The Morgan fingerprint density at radius 3 is 2.37 bits per heavy atom. The van der Waals surface area contributed by atoms with E-state index in [-0.39, 0.29) is 12.6 Å². The summed E-state index contributed by atoms with van der Waals surface area (Å²) < 4.78 is 27.7.